The van der Waals surface area contributed by atoms with Gasteiger partial charge in [0.15, 0.2) is 35.1 Å². The van der Waals surface area contributed by atoms with Gasteiger partial charge in [-0.2, -0.15) is 0 Å². The highest BCUT2D eigenvalue weighted by molar-refractivity contribution is 6.09. The molecule has 0 aliphatic heterocycles. The van der Waals surface area contributed by atoms with Crippen molar-refractivity contribution < 1.29 is 14.0 Å². The number of hydrogen-bond acceptors (Lipinski definition) is 7. The summed E-state index contributed by atoms with van der Waals surface area (Å²) in [5.74, 6) is -1.31. The summed E-state index contributed by atoms with van der Waals surface area (Å²) < 4.78 is 5.53. The van der Waals surface area contributed by atoms with E-state index in [0.717, 1.165) is 0 Å². The summed E-state index contributed by atoms with van der Waals surface area (Å²) in [6, 6.07) is 12.7. The zero-order chi connectivity index (χ0) is 24.7. The first-order chi connectivity index (χ1) is 16.8. The second-order valence-electron chi connectivity index (χ2n) is 7.47. The Hall–Kier alpha value is -5.46. The SMILES string of the molecule is NC(N)=Nc1ccc2nc(C(=O)c3ccc(C(=O)c4nc5ccc(N=C(N)N)cc5[nH]4)o3)[nH]c2c1. The summed E-state index contributed by atoms with van der Waals surface area (Å²) in [5.41, 5.74) is 24.8. The van der Waals surface area contributed by atoms with Gasteiger partial charge in [0.25, 0.3) is 11.6 Å². The number of guanidine groups is 2. The first kappa shape index (κ1) is 21.4. The minimum absolute atomic E-state index is 0.0335. The van der Waals surface area contributed by atoms with Crippen molar-refractivity contribution in [3.8, 4) is 0 Å². The molecule has 0 aliphatic carbocycles. The van der Waals surface area contributed by atoms with E-state index in [1.807, 2.05) is 0 Å². The van der Waals surface area contributed by atoms with Gasteiger partial charge in [0.1, 0.15) is 0 Å². The summed E-state index contributed by atoms with van der Waals surface area (Å²) in [4.78, 5) is 48.1. The fraction of sp³-hybridized carbons (Fsp3) is 0. The van der Waals surface area contributed by atoms with E-state index in [1.165, 1.54) is 12.1 Å². The van der Waals surface area contributed by atoms with Gasteiger partial charge in [0.05, 0.1) is 33.4 Å². The molecule has 2 aromatic carbocycles. The lowest BCUT2D eigenvalue weighted by molar-refractivity contribution is 0.0977. The van der Waals surface area contributed by atoms with Crippen molar-refractivity contribution in [2.24, 2.45) is 32.9 Å². The molecule has 0 aliphatic rings. The number of aromatic amines is 2. The highest BCUT2D eigenvalue weighted by atomic mass is 16.4. The molecule has 0 spiro atoms. The number of aromatic nitrogens is 4. The molecule has 0 radical (unpaired) electrons. The average Bonchev–Trinajstić information content (AvgIpc) is 3.54. The Kier molecular flexibility index (Phi) is 4.98. The Morgan fingerprint density at radius 3 is 1.51 bits per heavy atom. The molecule has 5 aromatic rings. The number of aliphatic imine (C=N–C) groups is 2. The number of rotatable bonds is 6. The van der Waals surface area contributed by atoms with E-state index in [2.05, 4.69) is 29.9 Å². The van der Waals surface area contributed by atoms with Gasteiger partial charge in [-0.1, -0.05) is 0 Å². The molecule has 174 valence electrons. The summed E-state index contributed by atoms with van der Waals surface area (Å²) in [6.07, 6.45) is 0. The quantitative estimate of drug-likeness (QED) is 0.119. The second-order valence-corrected chi connectivity index (χ2v) is 7.47. The summed E-state index contributed by atoms with van der Waals surface area (Å²) >= 11 is 0. The van der Waals surface area contributed by atoms with Crippen LogP contribution < -0.4 is 22.9 Å². The van der Waals surface area contributed by atoms with E-state index in [1.54, 1.807) is 36.4 Å². The van der Waals surface area contributed by atoms with Crippen LogP contribution in [-0.2, 0) is 0 Å². The van der Waals surface area contributed by atoms with Gasteiger partial charge in [0.2, 0.25) is 0 Å². The lowest BCUT2D eigenvalue weighted by Gasteiger charge is -1.94. The predicted molar refractivity (Wildman–Crippen MR) is 129 cm³/mol. The molecule has 0 saturated heterocycles. The fourth-order valence-corrected chi connectivity index (χ4v) is 3.46. The van der Waals surface area contributed by atoms with Crippen LogP contribution in [-0.4, -0.2) is 43.4 Å². The maximum absolute atomic E-state index is 12.9. The van der Waals surface area contributed by atoms with Gasteiger partial charge in [-0.3, -0.25) is 9.59 Å². The van der Waals surface area contributed by atoms with Crippen LogP contribution in [0.1, 0.15) is 32.8 Å². The Bertz CT molecular complexity index is 1560. The zero-order valence-electron chi connectivity index (χ0n) is 17.9. The number of carbonyl (C=O) groups is 2. The third kappa shape index (κ3) is 4.16. The van der Waals surface area contributed by atoms with E-state index in [4.69, 9.17) is 27.4 Å². The lowest BCUT2D eigenvalue weighted by atomic mass is 10.3. The molecular weight excluding hydrogens is 452 g/mol. The van der Waals surface area contributed by atoms with E-state index in [9.17, 15) is 9.59 Å². The first-order valence-corrected chi connectivity index (χ1v) is 10.1. The van der Waals surface area contributed by atoms with Crippen LogP contribution >= 0.6 is 0 Å². The molecular formula is C22H18N10O3. The van der Waals surface area contributed by atoms with Crippen molar-refractivity contribution in [1.82, 2.24) is 19.9 Å². The molecule has 3 heterocycles. The molecule has 0 amide bonds. The smallest absolute Gasteiger partial charge is 0.263 e. The monoisotopic (exact) mass is 470 g/mol. The summed E-state index contributed by atoms with van der Waals surface area (Å²) in [6.45, 7) is 0. The number of benzene rings is 2. The molecule has 35 heavy (non-hydrogen) atoms. The predicted octanol–water partition coefficient (Wildman–Crippen LogP) is 1.30. The van der Waals surface area contributed by atoms with Crippen LogP contribution in [0.5, 0.6) is 0 Å². The standard InChI is InChI=1S/C22H18N10O3/c23-21(24)27-9-1-3-11-13(7-9)31-19(29-11)17(33)15-5-6-16(35-15)18(34)20-30-12-4-2-10(28-22(25)26)8-14(12)32-20/h1-8H,(H,29,31)(H,30,32)(H4,23,24,27)(H4,25,26,28). The van der Waals surface area contributed by atoms with Crippen molar-refractivity contribution in [2.75, 3.05) is 0 Å². The van der Waals surface area contributed by atoms with Gasteiger partial charge in [-0.15, -0.1) is 0 Å². The number of nitrogens with two attached hydrogens (primary N) is 4. The van der Waals surface area contributed by atoms with Gasteiger partial charge in [-0.05, 0) is 48.5 Å². The number of nitrogens with one attached hydrogen (secondary N) is 2. The number of fused-ring (bicyclic) bond motifs is 2. The number of carbonyl (C=O) groups excluding carboxylic acids is 2. The van der Waals surface area contributed by atoms with Gasteiger partial charge < -0.3 is 37.3 Å². The van der Waals surface area contributed by atoms with Crippen LogP contribution in [0.25, 0.3) is 22.1 Å². The summed E-state index contributed by atoms with van der Waals surface area (Å²) in [7, 11) is 0. The topological polar surface area (TPSA) is 233 Å². The van der Waals surface area contributed by atoms with E-state index in [-0.39, 0.29) is 35.1 Å². The molecule has 0 unspecified atom stereocenters. The Labute approximate surface area is 195 Å². The highest BCUT2D eigenvalue weighted by Crippen LogP contribution is 2.23. The number of ketones is 2. The molecule has 13 heteroatoms. The number of nitrogens with zero attached hydrogens (tertiary/aromatic N) is 4. The van der Waals surface area contributed by atoms with Crippen LogP contribution in [0.3, 0.4) is 0 Å². The largest absolute Gasteiger partial charge is 0.449 e. The van der Waals surface area contributed by atoms with Crippen molar-refractivity contribution in [1.29, 1.82) is 0 Å². The minimum atomic E-state index is -0.532. The molecule has 0 atom stereocenters. The van der Waals surface area contributed by atoms with Crippen LogP contribution in [0.2, 0.25) is 0 Å². The van der Waals surface area contributed by atoms with Crippen LogP contribution in [0.4, 0.5) is 11.4 Å². The van der Waals surface area contributed by atoms with Crippen molar-refractivity contribution in [3.05, 3.63) is 71.7 Å². The molecule has 13 nitrogen and oxygen atoms in total. The van der Waals surface area contributed by atoms with E-state index in [0.29, 0.717) is 33.4 Å². The third-order valence-electron chi connectivity index (χ3n) is 4.93. The Morgan fingerprint density at radius 1 is 0.686 bits per heavy atom. The fourth-order valence-electron chi connectivity index (χ4n) is 3.46. The number of imidazole rings is 2. The molecule has 0 saturated carbocycles. The molecule has 3 aromatic heterocycles. The van der Waals surface area contributed by atoms with Gasteiger partial charge >= 0.3 is 0 Å². The summed E-state index contributed by atoms with van der Waals surface area (Å²) in [5, 5.41) is 0. The minimum Gasteiger partial charge on any atom is -0.449 e. The molecule has 10 N–H and O–H groups in total. The highest BCUT2D eigenvalue weighted by Gasteiger charge is 2.22. The molecule has 5 rings (SSSR count). The number of H-pyrrole nitrogens is 2. The third-order valence-corrected chi connectivity index (χ3v) is 4.93. The first-order valence-electron chi connectivity index (χ1n) is 10.1. The van der Waals surface area contributed by atoms with Crippen molar-refractivity contribution in [3.63, 3.8) is 0 Å². The Morgan fingerprint density at radius 2 is 1.11 bits per heavy atom. The lowest BCUT2D eigenvalue weighted by Crippen LogP contribution is -2.21. The maximum atomic E-state index is 12.9. The van der Waals surface area contributed by atoms with Crippen molar-refractivity contribution >= 4 is 56.9 Å². The Balaban J connectivity index is 1.40. The van der Waals surface area contributed by atoms with Gasteiger partial charge in [0, 0.05) is 0 Å². The molecule has 0 bridgehead atoms. The average molecular weight is 470 g/mol. The normalized spacial score (nSPS) is 11.0. The zero-order valence-corrected chi connectivity index (χ0v) is 17.9. The van der Waals surface area contributed by atoms with E-state index < -0.39 is 11.6 Å². The maximum Gasteiger partial charge on any atom is 0.263 e. The van der Waals surface area contributed by atoms with Crippen molar-refractivity contribution in [2.45, 2.75) is 0 Å². The van der Waals surface area contributed by atoms with Crippen LogP contribution in [0, 0.1) is 0 Å². The number of hydrogen-bond donors (Lipinski definition) is 6. The second kappa shape index (κ2) is 8.15. The van der Waals surface area contributed by atoms with Crippen LogP contribution in [0.15, 0.2) is 62.9 Å². The number of furan rings is 1. The van der Waals surface area contributed by atoms with Gasteiger partial charge in [-0.25, -0.2) is 20.0 Å². The molecule has 0 fully saturated rings. The van der Waals surface area contributed by atoms with E-state index >= 15 is 0 Å².